The first-order valence-electron chi connectivity index (χ1n) is 5.06. The van der Waals surface area contributed by atoms with Gasteiger partial charge >= 0.3 is 0 Å². The summed E-state index contributed by atoms with van der Waals surface area (Å²) in [5, 5.41) is 8.98. The normalized spacial score (nSPS) is 14.9. The maximum Gasteiger partial charge on any atom is 0.234 e. The van der Waals surface area contributed by atoms with E-state index < -0.39 is 0 Å². The van der Waals surface area contributed by atoms with Crippen molar-refractivity contribution in [1.82, 2.24) is 0 Å². The number of hydrogen-bond acceptors (Lipinski definition) is 4. The Kier molecular flexibility index (Phi) is 2.79. The van der Waals surface area contributed by atoms with Gasteiger partial charge in [-0.15, -0.1) is 0 Å². The molecule has 5 heteroatoms. The van der Waals surface area contributed by atoms with Crippen molar-refractivity contribution in [2.45, 2.75) is 6.42 Å². The highest BCUT2D eigenvalue weighted by atomic mass is 16.5. The van der Waals surface area contributed by atoms with E-state index in [4.69, 9.17) is 10.00 Å². The number of rotatable bonds is 2. The average Bonchev–Trinajstić information content (AvgIpc) is 2.67. The maximum atomic E-state index is 11.6. The Labute approximate surface area is 98.2 Å². The van der Waals surface area contributed by atoms with Gasteiger partial charge in [0.15, 0.2) is 5.78 Å². The van der Waals surface area contributed by atoms with E-state index in [-0.39, 0.29) is 24.7 Å². The molecule has 1 amide bonds. The van der Waals surface area contributed by atoms with Crippen molar-refractivity contribution in [3.05, 3.63) is 23.8 Å². The van der Waals surface area contributed by atoms with Crippen LogP contribution in [0, 0.1) is 11.3 Å². The number of benzene rings is 1. The quantitative estimate of drug-likeness (QED) is 0.707. The number of carbonyl (C=O) groups excluding carboxylic acids is 2. The summed E-state index contributed by atoms with van der Waals surface area (Å²) in [4.78, 5) is 24.1. The van der Waals surface area contributed by atoms with E-state index >= 15 is 0 Å². The summed E-state index contributed by atoms with van der Waals surface area (Å²) in [5.74, 6) is 0.132. The van der Waals surface area contributed by atoms with Crippen LogP contribution in [0.1, 0.15) is 12.0 Å². The molecule has 2 rings (SSSR count). The number of Topliss-reactive ketones (excluding diaryl/α,β-unsaturated/α-hetero) is 1. The lowest BCUT2D eigenvalue weighted by molar-refractivity contribution is -0.121. The number of ketones is 1. The topological polar surface area (TPSA) is 70.4 Å². The first-order chi connectivity index (χ1) is 8.15. The van der Waals surface area contributed by atoms with Gasteiger partial charge in [-0.25, -0.2) is 0 Å². The van der Waals surface area contributed by atoms with Crippen molar-refractivity contribution >= 4 is 17.4 Å². The molecule has 0 bridgehead atoms. The molecule has 1 saturated heterocycles. The molecule has 0 aromatic heterocycles. The summed E-state index contributed by atoms with van der Waals surface area (Å²) in [5.41, 5.74) is 0.788. The molecule has 0 atom stereocenters. The highest BCUT2D eigenvalue weighted by Gasteiger charge is 2.30. The van der Waals surface area contributed by atoms with E-state index in [2.05, 4.69) is 0 Å². The van der Waals surface area contributed by atoms with Gasteiger partial charge < -0.3 is 9.64 Å². The Morgan fingerprint density at radius 1 is 1.41 bits per heavy atom. The lowest BCUT2D eigenvalue weighted by atomic mass is 10.1. The van der Waals surface area contributed by atoms with Crippen LogP contribution in [-0.2, 0) is 9.59 Å². The van der Waals surface area contributed by atoms with Crippen LogP contribution in [0.15, 0.2) is 18.2 Å². The molecule has 0 radical (unpaired) electrons. The molecule has 0 spiro atoms. The Balaban J connectivity index is 2.46. The van der Waals surface area contributed by atoms with E-state index in [1.165, 1.54) is 12.0 Å². The molecular weight excluding hydrogens is 220 g/mol. The van der Waals surface area contributed by atoms with E-state index in [1.54, 1.807) is 18.2 Å². The Hall–Kier alpha value is -2.35. The van der Waals surface area contributed by atoms with E-state index in [9.17, 15) is 9.59 Å². The summed E-state index contributed by atoms with van der Waals surface area (Å²) in [6, 6.07) is 6.81. The molecule has 0 saturated carbocycles. The first-order valence-corrected chi connectivity index (χ1v) is 5.06. The van der Waals surface area contributed by atoms with Crippen LogP contribution in [-0.4, -0.2) is 25.3 Å². The number of carbonyl (C=O) groups is 2. The molecule has 1 aliphatic heterocycles. The summed E-state index contributed by atoms with van der Waals surface area (Å²) >= 11 is 0. The third-order valence-electron chi connectivity index (χ3n) is 2.60. The SMILES string of the molecule is COc1ccc(C#N)c(N2CC(=O)CC2=O)c1. The van der Waals surface area contributed by atoms with Crippen LogP contribution < -0.4 is 9.64 Å². The lowest BCUT2D eigenvalue weighted by Gasteiger charge is -2.16. The van der Waals surface area contributed by atoms with Crippen LogP contribution in [0.5, 0.6) is 5.75 Å². The third kappa shape index (κ3) is 1.97. The van der Waals surface area contributed by atoms with E-state index in [1.807, 2.05) is 6.07 Å². The van der Waals surface area contributed by atoms with Gasteiger partial charge in [0, 0.05) is 6.07 Å². The minimum atomic E-state index is -0.278. The summed E-state index contributed by atoms with van der Waals surface area (Å²) < 4.78 is 5.04. The van der Waals surface area contributed by atoms with Gasteiger partial charge in [0.1, 0.15) is 11.8 Å². The van der Waals surface area contributed by atoms with Gasteiger partial charge in [0.25, 0.3) is 0 Å². The summed E-state index contributed by atoms with van der Waals surface area (Å²) in [7, 11) is 1.50. The molecule has 1 fully saturated rings. The predicted molar refractivity (Wildman–Crippen MR) is 59.7 cm³/mol. The number of ether oxygens (including phenoxy) is 1. The molecular formula is C12H10N2O3. The van der Waals surface area contributed by atoms with E-state index in [0.717, 1.165) is 0 Å². The molecule has 1 aromatic rings. The number of hydrogen-bond donors (Lipinski definition) is 0. The summed E-state index contributed by atoms with van der Waals surface area (Å²) in [6.45, 7) is 0.0285. The zero-order valence-electron chi connectivity index (χ0n) is 9.27. The van der Waals surface area contributed by atoms with Crippen molar-refractivity contribution in [3.8, 4) is 11.8 Å². The van der Waals surface area contributed by atoms with Gasteiger partial charge in [-0.05, 0) is 12.1 Å². The molecule has 1 aromatic carbocycles. The maximum absolute atomic E-state index is 11.6. The van der Waals surface area contributed by atoms with Crippen LogP contribution >= 0.6 is 0 Å². The third-order valence-corrected chi connectivity index (χ3v) is 2.60. The fourth-order valence-electron chi connectivity index (χ4n) is 1.76. The number of nitrogens with zero attached hydrogens (tertiary/aromatic N) is 2. The number of methoxy groups -OCH3 is 1. The Bertz CT molecular complexity index is 531. The first kappa shape index (κ1) is 11.1. The minimum Gasteiger partial charge on any atom is -0.497 e. The fourth-order valence-corrected chi connectivity index (χ4v) is 1.76. The largest absolute Gasteiger partial charge is 0.497 e. The van der Waals surface area contributed by atoms with Gasteiger partial charge in [-0.2, -0.15) is 5.26 Å². The number of nitriles is 1. The Morgan fingerprint density at radius 2 is 2.18 bits per heavy atom. The second kappa shape index (κ2) is 4.26. The smallest absolute Gasteiger partial charge is 0.234 e. The lowest BCUT2D eigenvalue weighted by Crippen LogP contribution is -2.25. The standard InChI is InChI=1S/C12H10N2O3/c1-17-10-3-2-8(6-13)11(5-10)14-7-9(15)4-12(14)16/h2-3,5H,4,7H2,1H3. The monoisotopic (exact) mass is 230 g/mol. The highest BCUT2D eigenvalue weighted by Crippen LogP contribution is 2.28. The molecule has 0 N–H and O–H groups in total. The minimum absolute atomic E-state index is 0.0285. The van der Waals surface area contributed by atoms with Gasteiger partial charge in [-0.1, -0.05) is 0 Å². The predicted octanol–water partition coefficient (Wildman–Crippen LogP) is 0.873. The molecule has 1 aliphatic rings. The van der Waals surface area contributed by atoms with Gasteiger partial charge in [-0.3, -0.25) is 9.59 Å². The van der Waals surface area contributed by atoms with Crippen molar-refractivity contribution in [1.29, 1.82) is 5.26 Å². The molecule has 0 unspecified atom stereocenters. The Morgan fingerprint density at radius 3 is 2.71 bits per heavy atom. The van der Waals surface area contributed by atoms with E-state index in [0.29, 0.717) is 17.0 Å². The molecule has 86 valence electrons. The highest BCUT2D eigenvalue weighted by molar-refractivity contribution is 6.15. The zero-order chi connectivity index (χ0) is 12.4. The number of amides is 1. The number of anilines is 1. The molecule has 5 nitrogen and oxygen atoms in total. The zero-order valence-corrected chi connectivity index (χ0v) is 9.27. The van der Waals surface area contributed by atoms with Crippen LogP contribution in [0.2, 0.25) is 0 Å². The van der Waals surface area contributed by atoms with Crippen molar-refractivity contribution in [2.24, 2.45) is 0 Å². The van der Waals surface area contributed by atoms with Crippen molar-refractivity contribution in [3.63, 3.8) is 0 Å². The van der Waals surface area contributed by atoms with Crippen molar-refractivity contribution in [2.75, 3.05) is 18.6 Å². The second-order valence-electron chi connectivity index (χ2n) is 3.69. The van der Waals surface area contributed by atoms with Gasteiger partial charge in [0.05, 0.1) is 31.3 Å². The average molecular weight is 230 g/mol. The molecule has 17 heavy (non-hydrogen) atoms. The fraction of sp³-hybridized carbons (Fsp3) is 0.250. The van der Waals surface area contributed by atoms with Gasteiger partial charge in [0.2, 0.25) is 5.91 Å². The summed E-state index contributed by atoms with van der Waals surface area (Å²) in [6.07, 6.45) is -0.0952. The second-order valence-corrected chi connectivity index (χ2v) is 3.69. The van der Waals surface area contributed by atoms with Crippen LogP contribution in [0.4, 0.5) is 5.69 Å². The molecule has 0 aliphatic carbocycles. The van der Waals surface area contributed by atoms with Crippen LogP contribution in [0.25, 0.3) is 0 Å². The molecule has 1 heterocycles. The van der Waals surface area contributed by atoms with Crippen LogP contribution in [0.3, 0.4) is 0 Å². The van der Waals surface area contributed by atoms with Crippen molar-refractivity contribution < 1.29 is 14.3 Å².